The molecular formula is C9H16O3. The summed E-state index contributed by atoms with van der Waals surface area (Å²) < 4.78 is 9.59. The summed E-state index contributed by atoms with van der Waals surface area (Å²) in [4.78, 5) is 10.8. The van der Waals surface area contributed by atoms with E-state index in [1.165, 1.54) is 7.11 Å². The highest BCUT2D eigenvalue weighted by atomic mass is 16.5. The van der Waals surface area contributed by atoms with Gasteiger partial charge in [-0.25, -0.2) is 4.79 Å². The van der Waals surface area contributed by atoms with Gasteiger partial charge in [0, 0.05) is 18.8 Å². The second-order valence-electron chi connectivity index (χ2n) is 2.40. The van der Waals surface area contributed by atoms with E-state index in [4.69, 9.17) is 4.74 Å². The Bertz CT molecular complexity index is 152. The molecule has 0 amide bonds. The number of methoxy groups -OCH3 is 1. The quantitative estimate of drug-likeness (QED) is 0.346. The zero-order valence-electron chi connectivity index (χ0n) is 7.76. The van der Waals surface area contributed by atoms with Crippen LogP contribution >= 0.6 is 0 Å². The van der Waals surface area contributed by atoms with Crippen molar-refractivity contribution in [1.82, 2.24) is 0 Å². The Balaban J connectivity index is 3.38. The summed E-state index contributed by atoms with van der Waals surface area (Å²) in [6, 6.07) is 0. The van der Waals surface area contributed by atoms with Gasteiger partial charge in [-0.2, -0.15) is 0 Å². The second-order valence-corrected chi connectivity index (χ2v) is 2.40. The highest BCUT2D eigenvalue weighted by molar-refractivity contribution is 5.87. The average molecular weight is 172 g/mol. The summed E-state index contributed by atoms with van der Waals surface area (Å²) in [5.74, 6) is -0.327. The number of carbonyl (C=O) groups is 1. The number of carbonyl (C=O) groups excluding carboxylic acids is 1. The van der Waals surface area contributed by atoms with Crippen molar-refractivity contribution >= 4 is 5.97 Å². The van der Waals surface area contributed by atoms with Crippen molar-refractivity contribution in [2.24, 2.45) is 0 Å². The minimum atomic E-state index is -0.327. The van der Waals surface area contributed by atoms with Crippen molar-refractivity contribution in [3.8, 4) is 0 Å². The SMILES string of the molecule is C=C(CCCOCC)C(=O)OC. The second kappa shape index (κ2) is 6.85. The molecule has 0 spiro atoms. The van der Waals surface area contributed by atoms with Crippen molar-refractivity contribution < 1.29 is 14.3 Å². The van der Waals surface area contributed by atoms with Crippen molar-refractivity contribution in [2.45, 2.75) is 19.8 Å². The summed E-state index contributed by atoms with van der Waals surface area (Å²) >= 11 is 0. The third kappa shape index (κ3) is 4.91. The molecule has 0 aromatic rings. The Hall–Kier alpha value is -0.830. The van der Waals surface area contributed by atoms with Crippen LogP contribution < -0.4 is 0 Å². The van der Waals surface area contributed by atoms with Crippen LogP contribution in [0.25, 0.3) is 0 Å². The molecule has 0 rings (SSSR count). The van der Waals surface area contributed by atoms with Crippen LogP contribution in [0, 0.1) is 0 Å². The molecule has 12 heavy (non-hydrogen) atoms. The van der Waals surface area contributed by atoms with E-state index in [-0.39, 0.29) is 5.97 Å². The highest BCUT2D eigenvalue weighted by Crippen LogP contribution is 2.03. The van der Waals surface area contributed by atoms with Crippen LogP contribution in [-0.4, -0.2) is 26.3 Å². The van der Waals surface area contributed by atoms with Crippen LogP contribution in [0.2, 0.25) is 0 Å². The van der Waals surface area contributed by atoms with Gasteiger partial charge in [0.25, 0.3) is 0 Å². The lowest BCUT2D eigenvalue weighted by Gasteiger charge is -2.02. The van der Waals surface area contributed by atoms with E-state index in [0.717, 1.165) is 6.42 Å². The van der Waals surface area contributed by atoms with E-state index >= 15 is 0 Å². The predicted molar refractivity (Wildman–Crippen MR) is 46.9 cm³/mol. The molecular weight excluding hydrogens is 156 g/mol. The molecule has 0 saturated carbocycles. The fraction of sp³-hybridized carbons (Fsp3) is 0.667. The molecule has 0 aliphatic heterocycles. The van der Waals surface area contributed by atoms with Crippen LogP contribution in [0.15, 0.2) is 12.2 Å². The lowest BCUT2D eigenvalue weighted by Crippen LogP contribution is -2.04. The fourth-order valence-electron chi connectivity index (χ4n) is 0.778. The number of ether oxygens (including phenoxy) is 2. The van der Waals surface area contributed by atoms with Gasteiger partial charge in [0.05, 0.1) is 7.11 Å². The Kier molecular flexibility index (Phi) is 6.38. The molecule has 0 aromatic heterocycles. The summed E-state index contributed by atoms with van der Waals surface area (Å²) in [7, 11) is 1.36. The maximum absolute atomic E-state index is 10.8. The lowest BCUT2D eigenvalue weighted by atomic mass is 10.2. The van der Waals surface area contributed by atoms with Crippen LogP contribution in [0.3, 0.4) is 0 Å². The number of rotatable bonds is 6. The van der Waals surface area contributed by atoms with Crippen molar-refractivity contribution in [1.29, 1.82) is 0 Å². The molecule has 0 radical (unpaired) electrons. The standard InChI is InChI=1S/C9H16O3/c1-4-12-7-5-6-8(2)9(10)11-3/h2,4-7H2,1,3H3. The van der Waals surface area contributed by atoms with E-state index in [9.17, 15) is 4.79 Å². The number of hydrogen-bond acceptors (Lipinski definition) is 3. The van der Waals surface area contributed by atoms with Gasteiger partial charge in [0.2, 0.25) is 0 Å². The van der Waals surface area contributed by atoms with Gasteiger partial charge in [-0.1, -0.05) is 6.58 Å². The molecule has 0 unspecified atom stereocenters. The van der Waals surface area contributed by atoms with Gasteiger partial charge >= 0.3 is 5.97 Å². The fourth-order valence-corrected chi connectivity index (χ4v) is 0.778. The molecule has 0 aromatic carbocycles. The topological polar surface area (TPSA) is 35.5 Å². The minimum Gasteiger partial charge on any atom is -0.466 e. The van der Waals surface area contributed by atoms with Gasteiger partial charge in [0.1, 0.15) is 0 Å². The third-order valence-corrected chi connectivity index (χ3v) is 1.45. The Labute approximate surface area is 73.4 Å². The minimum absolute atomic E-state index is 0.327. The average Bonchev–Trinajstić information content (AvgIpc) is 2.10. The van der Waals surface area contributed by atoms with Gasteiger partial charge in [-0.3, -0.25) is 0 Å². The summed E-state index contributed by atoms with van der Waals surface area (Å²) in [6.45, 7) is 6.92. The Morgan fingerprint density at radius 1 is 1.50 bits per heavy atom. The molecule has 0 heterocycles. The van der Waals surface area contributed by atoms with Crippen LogP contribution in [-0.2, 0) is 14.3 Å². The number of esters is 1. The van der Waals surface area contributed by atoms with Crippen molar-refractivity contribution in [2.75, 3.05) is 20.3 Å². The van der Waals surface area contributed by atoms with Crippen molar-refractivity contribution in [3.63, 3.8) is 0 Å². The van der Waals surface area contributed by atoms with Crippen LogP contribution in [0.1, 0.15) is 19.8 Å². The van der Waals surface area contributed by atoms with Gasteiger partial charge in [-0.05, 0) is 19.8 Å². The highest BCUT2D eigenvalue weighted by Gasteiger charge is 2.04. The van der Waals surface area contributed by atoms with E-state index < -0.39 is 0 Å². The Morgan fingerprint density at radius 2 is 2.17 bits per heavy atom. The van der Waals surface area contributed by atoms with Gasteiger partial charge in [-0.15, -0.1) is 0 Å². The number of hydrogen-bond donors (Lipinski definition) is 0. The van der Waals surface area contributed by atoms with Crippen LogP contribution in [0.5, 0.6) is 0 Å². The first-order valence-corrected chi connectivity index (χ1v) is 4.06. The summed E-state index contributed by atoms with van der Waals surface area (Å²) in [5.41, 5.74) is 0.511. The molecule has 3 heteroatoms. The molecule has 0 bridgehead atoms. The zero-order chi connectivity index (χ0) is 9.40. The molecule has 0 fully saturated rings. The molecule has 70 valence electrons. The van der Waals surface area contributed by atoms with Crippen LogP contribution in [0.4, 0.5) is 0 Å². The van der Waals surface area contributed by atoms with Gasteiger partial charge < -0.3 is 9.47 Å². The van der Waals surface area contributed by atoms with E-state index in [1.54, 1.807) is 0 Å². The van der Waals surface area contributed by atoms with Crippen molar-refractivity contribution in [3.05, 3.63) is 12.2 Å². The third-order valence-electron chi connectivity index (χ3n) is 1.45. The normalized spacial score (nSPS) is 9.50. The molecule has 0 aliphatic rings. The zero-order valence-corrected chi connectivity index (χ0v) is 7.76. The van der Waals surface area contributed by atoms with E-state index in [0.29, 0.717) is 25.2 Å². The molecule has 3 nitrogen and oxygen atoms in total. The summed E-state index contributed by atoms with van der Waals surface area (Å²) in [5, 5.41) is 0. The molecule has 0 atom stereocenters. The monoisotopic (exact) mass is 172 g/mol. The molecule has 0 saturated heterocycles. The first-order chi connectivity index (χ1) is 5.72. The lowest BCUT2D eigenvalue weighted by molar-refractivity contribution is -0.136. The van der Waals surface area contributed by atoms with Gasteiger partial charge in [0.15, 0.2) is 0 Å². The largest absolute Gasteiger partial charge is 0.466 e. The smallest absolute Gasteiger partial charge is 0.333 e. The Morgan fingerprint density at radius 3 is 2.67 bits per heavy atom. The van der Waals surface area contributed by atoms with E-state index in [2.05, 4.69) is 11.3 Å². The van der Waals surface area contributed by atoms with E-state index in [1.807, 2.05) is 6.92 Å². The maximum Gasteiger partial charge on any atom is 0.333 e. The predicted octanol–water partition coefficient (Wildman–Crippen LogP) is 1.53. The first-order valence-electron chi connectivity index (χ1n) is 4.06. The molecule has 0 aliphatic carbocycles. The summed E-state index contributed by atoms with van der Waals surface area (Å²) in [6.07, 6.45) is 1.47. The maximum atomic E-state index is 10.8. The first kappa shape index (κ1) is 11.2. The molecule has 0 N–H and O–H groups in total.